The van der Waals surface area contributed by atoms with Crippen molar-refractivity contribution in [1.29, 1.82) is 0 Å². The lowest BCUT2D eigenvalue weighted by Gasteiger charge is -2.09. The van der Waals surface area contributed by atoms with Crippen molar-refractivity contribution in [2.75, 3.05) is 6.26 Å². The Kier molecular flexibility index (Phi) is 6.25. The lowest BCUT2D eigenvalue weighted by Crippen LogP contribution is -2.23. The molecule has 132 valence electrons. The number of hydrogen-bond donors (Lipinski definition) is 1. The van der Waals surface area contributed by atoms with E-state index in [0.717, 1.165) is 21.9 Å². The van der Waals surface area contributed by atoms with Gasteiger partial charge in [-0.1, -0.05) is 48.8 Å². The van der Waals surface area contributed by atoms with Gasteiger partial charge in [-0.3, -0.25) is 0 Å². The van der Waals surface area contributed by atoms with Crippen LogP contribution in [0.1, 0.15) is 31.3 Å². The van der Waals surface area contributed by atoms with Gasteiger partial charge in [0.15, 0.2) is 0 Å². The molecule has 0 aliphatic carbocycles. The second-order valence-corrected chi connectivity index (χ2v) is 9.50. The van der Waals surface area contributed by atoms with E-state index in [2.05, 4.69) is 9.71 Å². The van der Waals surface area contributed by atoms with Crippen molar-refractivity contribution in [3.05, 3.63) is 39.8 Å². The predicted octanol–water partition coefficient (Wildman–Crippen LogP) is 4.05. The summed E-state index contributed by atoms with van der Waals surface area (Å²) in [5.41, 5.74) is 0.906. The van der Waals surface area contributed by atoms with E-state index in [0.29, 0.717) is 15.9 Å². The van der Waals surface area contributed by atoms with Crippen LogP contribution in [0.15, 0.2) is 28.1 Å². The highest BCUT2D eigenvalue weighted by Gasteiger charge is 2.19. The quantitative estimate of drug-likeness (QED) is 0.783. The van der Waals surface area contributed by atoms with E-state index >= 15 is 0 Å². The molecular weight excluding hydrogens is 389 g/mol. The van der Waals surface area contributed by atoms with Gasteiger partial charge in [-0.2, -0.15) is 0 Å². The summed E-state index contributed by atoms with van der Waals surface area (Å²) in [7, 11) is -1.41. The van der Waals surface area contributed by atoms with Crippen molar-refractivity contribution < 1.29 is 8.42 Å². The first-order valence-corrected chi connectivity index (χ1v) is 10.7. The zero-order valence-electron chi connectivity index (χ0n) is 13.8. The highest BCUT2D eigenvalue weighted by atomic mass is 35.5. The minimum Gasteiger partial charge on any atom is -0.325 e. The molecule has 9 heteroatoms. The van der Waals surface area contributed by atoms with Crippen LogP contribution >= 0.6 is 35.0 Å². The van der Waals surface area contributed by atoms with E-state index < -0.39 is 10.0 Å². The lowest BCUT2D eigenvalue weighted by molar-refractivity contribution is 0.582. The third-order valence-corrected chi connectivity index (χ3v) is 5.50. The van der Waals surface area contributed by atoms with Crippen molar-refractivity contribution in [3.63, 3.8) is 0 Å². The Hall–Kier alpha value is -0.730. The SMILES string of the molecule is CC(C)c1nc(CNS(C)(=O)=O)n(C)c1Sc1cc(Cl)cc(Cl)c1. The standard InChI is InChI=1S/C15H19Cl2N3O2S2/c1-9(2)14-15(23-12-6-10(16)5-11(17)7-12)20(3)13(19-14)8-18-24(4,21)22/h5-7,9,18H,8H2,1-4H3. The molecule has 0 aliphatic heterocycles. The molecule has 1 aromatic carbocycles. The molecular formula is C15H19Cl2N3O2S2. The summed E-state index contributed by atoms with van der Waals surface area (Å²) in [5, 5.41) is 2.07. The first kappa shape index (κ1) is 19.6. The van der Waals surface area contributed by atoms with Gasteiger partial charge in [0.05, 0.1) is 18.5 Å². The van der Waals surface area contributed by atoms with Crippen LogP contribution in [0.3, 0.4) is 0 Å². The van der Waals surface area contributed by atoms with Gasteiger partial charge in [-0.05, 0) is 24.1 Å². The minimum absolute atomic E-state index is 0.145. The van der Waals surface area contributed by atoms with Gasteiger partial charge in [-0.15, -0.1) is 0 Å². The molecule has 1 aromatic heterocycles. The Labute approximate surface area is 156 Å². The fraction of sp³-hybridized carbons (Fsp3) is 0.400. The smallest absolute Gasteiger partial charge is 0.209 e. The number of nitrogens with zero attached hydrogens (tertiary/aromatic N) is 2. The predicted molar refractivity (Wildman–Crippen MR) is 99.6 cm³/mol. The first-order chi connectivity index (χ1) is 11.1. The summed E-state index contributed by atoms with van der Waals surface area (Å²) in [6.07, 6.45) is 1.13. The molecule has 0 atom stereocenters. The maximum Gasteiger partial charge on any atom is 0.209 e. The third-order valence-electron chi connectivity index (χ3n) is 3.25. The molecule has 0 saturated heterocycles. The van der Waals surface area contributed by atoms with Gasteiger partial charge in [0, 0.05) is 22.0 Å². The van der Waals surface area contributed by atoms with E-state index in [1.165, 1.54) is 11.8 Å². The Morgan fingerprint density at radius 3 is 2.33 bits per heavy atom. The number of benzene rings is 1. The summed E-state index contributed by atoms with van der Waals surface area (Å²) in [5.74, 6) is 0.847. The Morgan fingerprint density at radius 1 is 1.25 bits per heavy atom. The van der Waals surface area contributed by atoms with E-state index in [-0.39, 0.29) is 12.5 Å². The first-order valence-electron chi connectivity index (χ1n) is 7.21. The molecule has 0 amide bonds. The van der Waals surface area contributed by atoms with Crippen LogP contribution < -0.4 is 4.72 Å². The van der Waals surface area contributed by atoms with Crippen LogP contribution in [-0.2, 0) is 23.6 Å². The Bertz CT molecular complexity index is 828. The summed E-state index contributed by atoms with van der Waals surface area (Å²) in [6.45, 7) is 4.24. The van der Waals surface area contributed by atoms with Crippen molar-refractivity contribution >= 4 is 45.0 Å². The van der Waals surface area contributed by atoms with Gasteiger partial charge in [0.2, 0.25) is 10.0 Å². The molecule has 24 heavy (non-hydrogen) atoms. The average Bonchev–Trinajstić information content (AvgIpc) is 2.72. The second-order valence-electron chi connectivity index (χ2n) is 5.73. The molecule has 0 radical (unpaired) electrons. The Balaban J connectivity index is 2.38. The van der Waals surface area contributed by atoms with E-state index in [1.54, 1.807) is 6.07 Å². The van der Waals surface area contributed by atoms with Crippen LogP contribution in [-0.4, -0.2) is 24.2 Å². The second kappa shape index (κ2) is 7.66. The number of imidazole rings is 1. The summed E-state index contributed by atoms with van der Waals surface area (Å²) in [4.78, 5) is 5.51. The molecule has 0 aliphatic rings. The van der Waals surface area contributed by atoms with Crippen molar-refractivity contribution in [1.82, 2.24) is 14.3 Å². The largest absolute Gasteiger partial charge is 0.325 e. The number of rotatable bonds is 6. The van der Waals surface area contributed by atoms with Gasteiger partial charge in [0.1, 0.15) is 10.9 Å². The zero-order chi connectivity index (χ0) is 18.1. The monoisotopic (exact) mass is 407 g/mol. The number of nitrogens with one attached hydrogen (secondary N) is 1. The molecule has 5 nitrogen and oxygen atoms in total. The molecule has 0 saturated carbocycles. The topological polar surface area (TPSA) is 64.0 Å². The normalized spacial score (nSPS) is 12.1. The summed E-state index contributed by atoms with van der Waals surface area (Å²) in [6, 6.07) is 5.36. The maximum absolute atomic E-state index is 11.3. The van der Waals surface area contributed by atoms with E-state index in [4.69, 9.17) is 23.2 Å². The summed E-state index contributed by atoms with van der Waals surface area (Å²) < 4.78 is 27.0. The van der Waals surface area contributed by atoms with Crippen molar-refractivity contribution in [3.8, 4) is 0 Å². The van der Waals surface area contributed by atoms with Crippen LogP contribution in [0.4, 0.5) is 0 Å². The minimum atomic E-state index is -3.28. The fourth-order valence-electron chi connectivity index (χ4n) is 2.10. The average molecular weight is 408 g/mol. The molecule has 2 rings (SSSR count). The zero-order valence-corrected chi connectivity index (χ0v) is 16.9. The molecule has 1 heterocycles. The lowest BCUT2D eigenvalue weighted by atomic mass is 10.2. The number of aromatic nitrogens is 2. The van der Waals surface area contributed by atoms with Crippen LogP contribution in [0.5, 0.6) is 0 Å². The number of sulfonamides is 1. The van der Waals surface area contributed by atoms with E-state index in [9.17, 15) is 8.42 Å². The van der Waals surface area contributed by atoms with Crippen LogP contribution in [0, 0.1) is 0 Å². The molecule has 1 N–H and O–H groups in total. The maximum atomic E-state index is 11.3. The molecule has 0 fully saturated rings. The van der Waals surface area contributed by atoms with Gasteiger partial charge in [0.25, 0.3) is 0 Å². The van der Waals surface area contributed by atoms with Gasteiger partial charge in [-0.25, -0.2) is 18.1 Å². The van der Waals surface area contributed by atoms with Crippen molar-refractivity contribution in [2.24, 2.45) is 7.05 Å². The number of hydrogen-bond acceptors (Lipinski definition) is 4. The van der Waals surface area contributed by atoms with Gasteiger partial charge < -0.3 is 4.57 Å². The van der Waals surface area contributed by atoms with Crippen LogP contribution in [0.25, 0.3) is 0 Å². The molecule has 0 spiro atoms. The molecule has 0 bridgehead atoms. The highest BCUT2D eigenvalue weighted by molar-refractivity contribution is 7.99. The highest BCUT2D eigenvalue weighted by Crippen LogP contribution is 2.36. The summed E-state index contributed by atoms with van der Waals surface area (Å²) >= 11 is 13.6. The number of halogens is 2. The van der Waals surface area contributed by atoms with Gasteiger partial charge >= 0.3 is 0 Å². The Morgan fingerprint density at radius 2 is 1.83 bits per heavy atom. The molecule has 0 unspecified atom stereocenters. The van der Waals surface area contributed by atoms with E-state index in [1.807, 2.05) is 37.6 Å². The molecule has 2 aromatic rings. The fourth-order valence-corrected chi connectivity index (χ4v) is 4.37. The van der Waals surface area contributed by atoms with Crippen molar-refractivity contribution in [2.45, 2.75) is 36.2 Å². The third kappa shape index (κ3) is 5.13. The van der Waals surface area contributed by atoms with Crippen LogP contribution in [0.2, 0.25) is 10.0 Å².